The summed E-state index contributed by atoms with van der Waals surface area (Å²) in [6.07, 6.45) is 0.281. The Kier molecular flexibility index (Phi) is 8.11. The Morgan fingerprint density at radius 2 is 2.17 bits per heavy atom. The monoisotopic (exact) mass is 461 g/mol. The number of nitrogens with one attached hydrogen (secondary N) is 2. The van der Waals surface area contributed by atoms with E-state index in [0.29, 0.717) is 0 Å². The molecule has 1 fully saturated rings. The van der Waals surface area contributed by atoms with Gasteiger partial charge in [-0.1, -0.05) is 6.07 Å². The summed E-state index contributed by atoms with van der Waals surface area (Å²) in [4.78, 5) is 60.9. The maximum absolute atomic E-state index is 12.9. The van der Waals surface area contributed by atoms with E-state index in [1.54, 1.807) is 17.5 Å². The van der Waals surface area contributed by atoms with Crippen molar-refractivity contribution in [1.29, 1.82) is 0 Å². The van der Waals surface area contributed by atoms with E-state index in [1.165, 1.54) is 18.3 Å². The average molecular weight is 461 g/mol. The van der Waals surface area contributed by atoms with E-state index >= 15 is 0 Å². The van der Waals surface area contributed by atoms with Crippen LogP contribution in [0.3, 0.4) is 0 Å². The summed E-state index contributed by atoms with van der Waals surface area (Å²) in [5, 5.41) is 17.4. The molecule has 0 bridgehead atoms. The second-order valence-electron chi connectivity index (χ2n) is 6.23. The van der Waals surface area contributed by atoms with Crippen LogP contribution in [0.5, 0.6) is 0 Å². The summed E-state index contributed by atoms with van der Waals surface area (Å²) in [6.45, 7) is 0.871. The first-order valence-electron chi connectivity index (χ1n) is 8.37. The zero-order chi connectivity index (χ0) is 21.2. The first-order valence-corrected chi connectivity index (χ1v) is 10.3. The Bertz CT molecular complexity index is 905. The van der Waals surface area contributed by atoms with Gasteiger partial charge in [-0.3, -0.25) is 24.1 Å². The van der Waals surface area contributed by atoms with Crippen LogP contribution in [0.1, 0.15) is 11.8 Å². The molecule has 2 aliphatic heterocycles. The summed E-state index contributed by atoms with van der Waals surface area (Å²) in [5.74, 6) is -3.43. The first kappa shape index (κ1) is 24.4. The molecule has 1 aromatic rings. The molecule has 0 saturated carbocycles. The molecule has 3 heterocycles. The number of carbonyl (C=O) groups excluding carboxylic acids is 5. The molecule has 0 aliphatic carbocycles. The fraction of sp³-hybridized carbons (Fsp3) is 0.353. The van der Waals surface area contributed by atoms with Crippen LogP contribution in [0.2, 0.25) is 0 Å². The third-order valence-corrected chi connectivity index (χ3v) is 6.61. The van der Waals surface area contributed by atoms with Crippen molar-refractivity contribution in [3.63, 3.8) is 0 Å². The molecular formula is C17H16N3NaO7S2. The molecule has 0 unspecified atom stereocenters. The van der Waals surface area contributed by atoms with Gasteiger partial charge in [0.25, 0.3) is 5.91 Å². The van der Waals surface area contributed by atoms with Gasteiger partial charge < -0.3 is 25.3 Å². The van der Waals surface area contributed by atoms with E-state index in [9.17, 15) is 29.1 Å². The number of β-lactam (4-membered cyclic amide) rings is 1. The van der Waals surface area contributed by atoms with Gasteiger partial charge in [0.15, 0.2) is 0 Å². The van der Waals surface area contributed by atoms with Crippen LogP contribution in [-0.4, -0.2) is 58.5 Å². The minimum atomic E-state index is -1.77. The number of nitrogens with zero attached hydrogens (tertiary/aromatic N) is 1. The van der Waals surface area contributed by atoms with Gasteiger partial charge in [0.05, 0.1) is 18.1 Å². The largest absolute Gasteiger partial charge is 1.00 e. The number of thioether (sulfide) groups is 1. The Labute approximate surface area is 201 Å². The van der Waals surface area contributed by atoms with E-state index in [4.69, 9.17) is 4.74 Å². The zero-order valence-corrected chi connectivity index (χ0v) is 19.8. The molecule has 10 nitrogen and oxygen atoms in total. The Morgan fingerprint density at radius 1 is 1.43 bits per heavy atom. The van der Waals surface area contributed by atoms with Crippen LogP contribution in [-0.2, 0) is 35.1 Å². The molecule has 0 aromatic carbocycles. The van der Waals surface area contributed by atoms with Crippen molar-refractivity contribution in [2.45, 2.75) is 24.4 Å². The number of esters is 1. The van der Waals surface area contributed by atoms with Crippen molar-refractivity contribution < 1.29 is 63.4 Å². The molecule has 2 N–H and O–H groups in total. The van der Waals surface area contributed by atoms with Gasteiger partial charge in [-0.05, 0) is 11.4 Å². The fourth-order valence-electron chi connectivity index (χ4n) is 3.12. The van der Waals surface area contributed by atoms with E-state index in [0.717, 1.165) is 21.5 Å². The topological polar surface area (TPSA) is 145 Å². The van der Waals surface area contributed by atoms with Crippen molar-refractivity contribution in [2.24, 2.45) is 0 Å². The summed E-state index contributed by atoms with van der Waals surface area (Å²) in [7, 11) is 0. The molecule has 3 rings (SSSR count). The number of carboxylic acid groups (broad SMARTS) is 1. The molecule has 0 radical (unpaired) electrons. The SMILES string of the molecule is CC(=O)OCC1=C(C(=O)[O-])N2C(=O)[C@@](NC=O)(NC(=O)Cc3cccs3)[C@@H]2SC1.[Na+]. The number of ether oxygens (including phenoxy) is 1. The molecular weight excluding hydrogens is 445 g/mol. The number of fused-ring (bicyclic) bond motifs is 1. The third kappa shape index (κ3) is 4.57. The van der Waals surface area contributed by atoms with E-state index in [-0.39, 0.29) is 60.3 Å². The van der Waals surface area contributed by atoms with Crippen LogP contribution in [0.4, 0.5) is 0 Å². The maximum atomic E-state index is 12.9. The van der Waals surface area contributed by atoms with Gasteiger partial charge in [-0.15, -0.1) is 23.1 Å². The molecule has 30 heavy (non-hydrogen) atoms. The predicted octanol–water partition coefficient (Wildman–Crippen LogP) is -4.66. The van der Waals surface area contributed by atoms with Crippen LogP contribution in [0.15, 0.2) is 28.8 Å². The van der Waals surface area contributed by atoms with Gasteiger partial charge in [-0.25, -0.2) is 0 Å². The normalized spacial score (nSPS) is 22.2. The smallest absolute Gasteiger partial charge is 0.543 e. The Balaban J connectivity index is 0.00000320. The van der Waals surface area contributed by atoms with E-state index < -0.39 is 40.5 Å². The molecule has 0 spiro atoms. The minimum absolute atomic E-state index is 0. The standard InChI is InChI=1S/C17H17N3O7S2.Na/c1-9(22)27-6-10-7-29-16-17(18-8-21,15(26)20(16)13(10)14(24)25)19-12(23)5-11-3-2-4-28-11;/h2-4,8,16H,5-7H2,1H3,(H,18,21)(H,19,23)(H,24,25);/q;+1/p-1/t16-,17+;/m0./s1. The van der Waals surface area contributed by atoms with Crippen molar-refractivity contribution in [2.75, 3.05) is 12.4 Å². The number of aliphatic carboxylic acids is 1. The number of carbonyl (C=O) groups is 5. The molecule has 1 aromatic heterocycles. The van der Waals surface area contributed by atoms with Crippen LogP contribution in [0.25, 0.3) is 0 Å². The number of amides is 3. The summed E-state index contributed by atoms with van der Waals surface area (Å²) >= 11 is 2.49. The number of carboxylic acids is 1. The summed E-state index contributed by atoms with van der Waals surface area (Å²) in [5.41, 5.74) is -2.00. The summed E-state index contributed by atoms with van der Waals surface area (Å²) in [6, 6.07) is 3.54. The summed E-state index contributed by atoms with van der Waals surface area (Å²) < 4.78 is 4.85. The van der Waals surface area contributed by atoms with Gasteiger partial charge in [0.2, 0.25) is 18.0 Å². The number of thiophene rings is 1. The number of hydrogen-bond acceptors (Lipinski definition) is 9. The minimum Gasteiger partial charge on any atom is -0.543 e. The van der Waals surface area contributed by atoms with Crippen LogP contribution < -0.4 is 45.3 Å². The quantitative estimate of drug-likeness (QED) is 0.129. The van der Waals surface area contributed by atoms with Crippen molar-refractivity contribution in [1.82, 2.24) is 15.5 Å². The van der Waals surface area contributed by atoms with Gasteiger partial charge >= 0.3 is 35.5 Å². The Morgan fingerprint density at radius 3 is 2.73 bits per heavy atom. The number of hydrogen-bond donors (Lipinski definition) is 2. The maximum Gasteiger partial charge on any atom is 1.00 e. The van der Waals surface area contributed by atoms with Crippen LogP contribution >= 0.6 is 23.1 Å². The van der Waals surface area contributed by atoms with Gasteiger partial charge in [-0.2, -0.15) is 0 Å². The van der Waals surface area contributed by atoms with Gasteiger partial charge in [0.1, 0.15) is 12.0 Å². The molecule has 3 amide bonds. The second kappa shape index (κ2) is 9.96. The van der Waals surface area contributed by atoms with Crippen molar-refractivity contribution >= 4 is 53.3 Å². The molecule has 1 saturated heterocycles. The zero-order valence-electron chi connectivity index (χ0n) is 16.1. The number of rotatable bonds is 8. The fourth-order valence-corrected chi connectivity index (χ4v) is 5.23. The van der Waals surface area contributed by atoms with E-state index in [1.807, 2.05) is 0 Å². The molecule has 2 aliphatic rings. The average Bonchev–Trinajstić information content (AvgIpc) is 3.17. The van der Waals surface area contributed by atoms with Crippen molar-refractivity contribution in [3.8, 4) is 0 Å². The van der Waals surface area contributed by atoms with E-state index in [2.05, 4.69) is 10.6 Å². The molecule has 13 heteroatoms. The first-order chi connectivity index (χ1) is 13.8. The van der Waals surface area contributed by atoms with Gasteiger partial charge in [0, 0.05) is 23.1 Å². The molecule has 2 atom stereocenters. The predicted molar refractivity (Wildman–Crippen MR) is 99.9 cm³/mol. The third-order valence-electron chi connectivity index (χ3n) is 4.33. The Hall–Kier alpha value is -1.86. The second-order valence-corrected chi connectivity index (χ2v) is 8.33. The molecule has 154 valence electrons. The van der Waals surface area contributed by atoms with Crippen molar-refractivity contribution in [3.05, 3.63) is 33.7 Å². The van der Waals surface area contributed by atoms with Crippen LogP contribution in [0, 0.1) is 0 Å².